The van der Waals surface area contributed by atoms with Gasteiger partial charge in [0.15, 0.2) is 0 Å². The first kappa shape index (κ1) is 15.5. The molecular formula is C16H30N4. The van der Waals surface area contributed by atoms with Crippen LogP contribution in [0.25, 0.3) is 0 Å². The number of aryl methyl sites for hydroxylation is 1. The average Bonchev–Trinajstić information content (AvgIpc) is 2.87. The van der Waals surface area contributed by atoms with Gasteiger partial charge in [0.25, 0.3) is 0 Å². The molecule has 114 valence electrons. The molecule has 3 atom stereocenters. The molecule has 20 heavy (non-hydrogen) atoms. The lowest BCUT2D eigenvalue weighted by Crippen LogP contribution is -2.33. The molecule has 1 aliphatic rings. The van der Waals surface area contributed by atoms with E-state index in [4.69, 9.17) is 0 Å². The van der Waals surface area contributed by atoms with E-state index in [0.717, 1.165) is 24.9 Å². The van der Waals surface area contributed by atoms with Crippen LogP contribution in [0.3, 0.4) is 0 Å². The summed E-state index contributed by atoms with van der Waals surface area (Å²) < 4.78 is 1.98. The van der Waals surface area contributed by atoms with Gasteiger partial charge in [0, 0.05) is 13.0 Å². The van der Waals surface area contributed by atoms with E-state index in [0.29, 0.717) is 5.92 Å². The van der Waals surface area contributed by atoms with Crippen LogP contribution in [0.1, 0.15) is 64.0 Å². The summed E-state index contributed by atoms with van der Waals surface area (Å²) >= 11 is 0. The summed E-state index contributed by atoms with van der Waals surface area (Å²) in [5, 5.41) is 11.8. The second kappa shape index (κ2) is 7.77. The molecule has 0 aromatic carbocycles. The summed E-state index contributed by atoms with van der Waals surface area (Å²) in [7, 11) is 2.03. The Labute approximate surface area is 123 Å². The SMILES string of the molecule is CCCNCC1CCC(CCC)CC1c1cnnn1C. The molecule has 1 aromatic rings. The molecule has 1 fully saturated rings. The van der Waals surface area contributed by atoms with Crippen LogP contribution < -0.4 is 5.32 Å². The number of aromatic nitrogens is 3. The Kier molecular flexibility index (Phi) is 6.02. The van der Waals surface area contributed by atoms with E-state index in [1.165, 1.54) is 44.2 Å². The van der Waals surface area contributed by atoms with Crippen molar-refractivity contribution in [3.63, 3.8) is 0 Å². The zero-order chi connectivity index (χ0) is 14.4. The molecule has 4 nitrogen and oxygen atoms in total. The molecule has 2 rings (SSSR count). The van der Waals surface area contributed by atoms with Crippen LogP contribution in [0.2, 0.25) is 0 Å². The van der Waals surface area contributed by atoms with Crippen molar-refractivity contribution < 1.29 is 0 Å². The number of rotatable bonds is 7. The third-order valence-electron chi connectivity index (χ3n) is 4.76. The Hall–Kier alpha value is -0.900. The summed E-state index contributed by atoms with van der Waals surface area (Å²) in [6.45, 7) is 6.80. The normalized spacial score (nSPS) is 26.9. The van der Waals surface area contributed by atoms with Gasteiger partial charge in [-0.2, -0.15) is 0 Å². The fraction of sp³-hybridized carbons (Fsp3) is 0.875. The van der Waals surface area contributed by atoms with Gasteiger partial charge in [-0.1, -0.05) is 38.3 Å². The van der Waals surface area contributed by atoms with Crippen LogP contribution in [0.4, 0.5) is 0 Å². The Morgan fingerprint density at radius 2 is 2.15 bits per heavy atom. The highest BCUT2D eigenvalue weighted by molar-refractivity contribution is 5.07. The third-order valence-corrected chi connectivity index (χ3v) is 4.76. The lowest BCUT2D eigenvalue weighted by Gasteiger charge is -2.36. The molecule has 0 saturated heterocycles. The molecule has 1 aliphatic carbocycles. The van der Waals surface area contributed by atoms with E-state index in [1.807, 2.05) is 17.9 Å². The zero-order valence-electron chi connectivity index (χ0n) is 13.3. The van der Waals surface area contributed by atoms with Gasteiger partial charge in [-0.15, -0.1) is 5.10 Å². The Balaban J connectivity index is 2.04. The first-order valence-electron chi connectivity index (χ1n) is 8.31. The molecule has 1 N–H and O–H groups in total. The van der Waals surface area contributed by atoms with Gasteiger partial charge in [0.2, 0.25) is 0 Å². The van der Waals surface area contributed by atoms with E-state index >= 15 is 0 Å². The van der Waals surface area contributed by atoms with E-state index in [-0.39, 0.29) is 0 Å². The lowest BCUT2D eigenvalue weighted by atomic mass is 9.71. The Morgan fingerprint density at radius 3 is 2.80 bits per heavy atom. The zero-order valence-corrected chi connectivity index (χ0v) is 13.3. The minimum atomic E-state index is 0.629. The Bertz CT molecular complexity index is 388. The van der Waals surface area contributed by atoms with Crippen molar-refractivity contribution >= 4 is 0 Å². The largest absolute Gasteiger partial charge is 0.316 e. The minimum Gasteiger partial charge on any atom is -0.316 e. The van der Waals surface area contributed by atoms with Crippen LogP contribution >= 0.6 is 0 Å². The van der Waals surface area contributed by atoms with Crippen LogP contribution in [-0.4, -0.2) is 28.1 Å². The second-order valence-corrected chi connectivity index (χ2v) is 6.32. The molecule has 1 saturated carbocycles. The molecule has 0 aliphatic heterocycles. The molecule has 0 bridgehead atoms. The maximum Gasteiger partial charge on any atom is 0.0728 e. The highest BCUT2D eigenvalue weighted by Crippen LogP contribution is 2.41. The number of nitrogens with one attached hydrogen (secondary N) is 1. The summed E-state index contributed by atoms with van der Waals surface area (Å²) in [5.41, 5.74) is 1.33. The summed E-state index contributed by atoms with van der Waals surface area (Å²) in [6.07, 6.45) is 9.92. The van der Waals surface area contributed by atoms with Gasteiger partial charge >= 0.3 is 0 Å². The topological polar surface area (TPSA) is 42.7 Å². The van der Waals surface area contributed by atoms with Gasteiger partial charge in [-0.3, -0.25) is 4.68 Å². The first-order valence-corrected chi connectivity index (χ1v) is 8.31. The molecule has 0 amide bonds. The van der Waals surface area contributed by atoms with Gasteiger partial charge < -0.3 is 5.32 Å². The minimum absolute atomic E-state index is 0.629. The molecular weight excluding hydrogens is 248 g/mol. The molecule has 0 spiro atoms. The third kappa shape index (κ3) is 3.81. The van der Waals surface area contributed by atoms with Gasteiger partial charge in [0.05, 0.1) is 11.9 Å². The van der Waals surface area contributed by atoms with Crippen molar-refractivity contribution in [3.8, 4) is 0 Å². The maximum absolute atomic E-state index is 4.14. The molecule has 4 heteroatoms. The lowest BCUT2D eigenvalue weighted by molar-refractivity contribution is 0.214. The fourth-order valence-corrected chi connectivity index (χ4v) is 3.69. The van der Waals surface area contributed by atoms with Crippen LogP contribution in [-0.2, 0) is 7.05 Å². The maximum atomic E-state index is 4.14. The smallest absolute Gasteiger partial charge is 0.0728 e. The summed E-state index contributed by atoms with van der Waals surface area (Å²) in [6, 6.07) is 0. The average molecular weight is 278 g/mol. The number of hydrogen-bond acceptors (Lipinski definition) is 3. The van der Waals surface area contributed by atoms with Crippen molar-refractivity contribution in [2.75, 3.05) is 13.1 Å². The fourth-order valence-electron chi connectivity index (χ4n) is 3.69. The highest BCUT2D eigenvalue weighted by Gasteiger charge is 2.32. The van der Waals surface area contributed by atoms with Crippen LogP contribution in [0.5, 0.6) is 0 Å². The van der Waals surface area contributed by atoms with E-state index in [2.05, 4.69) is 29.5 Å². The van der Waals surface area contributed by atoms with Crippen molar-refractivity contribution in [2.45, 2.75) is 58.3 Å². The monoisotopic (exact) mass is 278 g/mol. The van der Waals surface area contributed by atoms with Crippen molar-refractivity contribution in [1.29, 1.82) is 0 Å². The van der Waals surface area contributed by atoms with Crippen molar-refractivity contribution in [1.82, 2.24) is 20.3 Å². The van der Waals surface area contributed by atoms with Crippen molar-refractivity contribution in [2.24, 2.45) is 18.9 Å². The van der Waals surface area contributed by atoms with Crippen LogP contribution in [0.15, 0.2) is 6.20 Å². The number of nitrogens with zero attached hydrogens (tertiary/aromatic N) is 3. The number of hydrogen-bond donors (Lipinski definition) is 1. The van der Waals surface area contributed by atoms with Gasteiger partial charge in [-0.25, -0.2) is 0 Å². The highest BCUT2D eigenvalue weighted by atomic mass is 15.4. The van der Waals surface area contributed by atoms with E-state index < -0.39 is 0 Å². The predicted molar refractivity (Wildman–Crippen MR) is 82.6 cm³/mol. The summed E-state index contributed by atoms with van der Waals surface area (Å²) in [4.78, 5) is 0. The standard InChI is InChI=1S/C16H30N4/c1-4-6-13-7-8-14(11-17-9-5-2)15(10-13)16-12-18-19-20(16)3/h12-15,17H,4-11H2,1-3H3. The second-order valence-electron chi connectivity index (χ2n) is 6.32. The molecule has 1 aromatic heterocycles. The van der Waals surface area contributed by atoms with E-state index in [1.54, 1.807) is 0 Å². The van der Waals surface area contributed by atoms with Crippen LogP contribution in [0, 0.1) is 11.8 Å². The quantitative estimate of drug-likeness (QED) is 0.779. The van der Waals surface area contributed by atoms with Gasteiger partial charge in [-0.05, 0) is 44.2 Å². The van der Waals surface area contributed by atoms with Gasteiger partial charge in [0.1, 0.15) is 0 Å². The molecule has 3 unspecified atom stereocenters. The summed E-state index contributed by atoms with van der Waals surface area (Å²) in [5.74, 6) is 2.26. The predicted octanol–water partition coefficient (Wildman–Crippen LogP) is 3.11. The Morgan fingerprint density at radius 1 is 1.30 bits per heavy atom. The molecule has 0 radical (unpaired) electrons. The van der Waals surface area contributed by atoms with Crippen molar-refractivity contribution in [3.05, 3.63) is 11.9 Å². The first-order chi connectivity index (χ1) is 9.76. The van der Waals surface area contributed by atoms with E-state index in [9.17, 15) is 0 Å². The molecule has 1 heterocycles.